The van der Waals surface area contributed by atoms with Gasteiger partial charge in [-0.3, -0.25) is 4.79 Å². The maximum atomic E-state index is 11.3. The Bertz CT molecular complexity index is 643. The number of halogens is 2. The lowest BCUT2D eigenvalue weighted by atomic mass is 10.1. The third kappa shape index (κ3) is 3.28. The standard InChI is InChI=1S/C14H11BrClNO2/c1-8(18)11-4-3-10(7-13(11)17)19-14-5-2-9(16)6-12(14)15/h2-7H,17H2,1H3. The Balaban J connectivity index is 2.29. The van der Waals surface area contributed by atoms with E-state index in [1.807, 2.05) is 0 Å². The van der Waals surface area contributed by atoms with E-state index in [0.717, 1.165) is 4.47 Å². The molecule has 0 bridgehead atoms. The number of hydrogen-bond donors (Lipinski definition) is 1. The van der Waals surface area contributed by atoms with Gasteiger partial charge in [-0.15, -0.1) is 0 Å². The Morgan fingerprint density at radius 1 is 1.26 bits per heavy atom. The van der Waals surface area contributed by atoms with E-state index >= 15 is 0 Å². The molecule has 0 radical (unpaired) electrons. The maximum absolute atomic E-state index is 11.3. The number of ketones is 1. The lowest BCUT2D eigenvalue weighted by Gasteiger charge is -2.10. The minimum Gasteiger partial charge on any atom is -0.456 e. The van der Waals surface area contributed by atoms with Gasteiger partial charge in [0, 0.05) is 22.3 Å². The highest BCUT2D eigenvalue weighted by Crippen LogP contribution is 2.33. The summed E-state index contributed by atoms with van der Waals surface area (Å²) in [5, 5.41) is 0.616. The van der Waals surface area contributed by atoms with E-state index < -0.39 is 0 Å². The van der Waals surface area contributed by atoms with E-state index in [1.54, 1.807) is 36.4 Å². The Labute approximate surface area is 124 Å². The Hall–Kier alpha value is -1.52. The van der Waals surface area contributed by atoms with Crippen LogP contribution < -0.4 is 10.5 Å². The summed E-state index contributed by atoms with van der Waals surface area (Å²) in [4.78, 5) is 11.3. The summed E-state index contributed by atoms with van der Waals surface area (Å²) in [7, 11) is 0. The summed E-state index contributed by atoms with van der Waals surface area (Å²) < 4.78 is 6.43. The molecule has 2 aromatic rings. The van der Waals surface area contributed by atoms with Gasteiger partial charge in [0.1, 0.15) is 11.5 Å². The number of hydrogen-bond acceptors (Lipinski definition) is 3. The number of Topliss-reactive ketones (excluding diaryl/α,β-unsaturated/α-hetero) is 1. The van der Waals surface area contributed by atoms with Crippen LogP contribution in [0.1, 0.15) is 17.3 Å². The van der Waals surface area contributed by atoms with Gasteiger partial charge < -0.3 is 10.5 Å². The monoisotopic (exact) mass is 339 g/mol. The first-order chi connectivity index (χ1) is 8.97. The summed E-state index contributed by atoms with van der Waals surface area (Å²) in [5.74, 6) is 1.11. The van der Waals surface area contributed by atoms with Gasteiger partial charge in [-0.25, -0.2) is 0 Å². The number of rotatable bonds is 3. The topological polar surface area (TPSA) is 52.3 Å². The molecule has 98 valence electrons. The number of anilines is 1. The molecule has 0 saturated heterocycles. The van der Waals surface area contributed by atoms with Crippen LogP contribution in [0, 0.1) is 0 Å². The Kier molecular flexibility index (Phi) is 4.12. The number of benzene rings is 2. The zero-order valence-corrected chi connectivity index (χ0v) is 12.5. The molecular weight excluding hydrogens is 330 g/mol. The highest BCUT2D eigenvalue weighted by Gasteiger charge is 2.08. The van der Waals surface area contributed by atoms with Crippen LogP contribution >= 0.6 is 27.5 Å². The van der Waals surface area contributed by atoms with Crippen molar-refractivity contribution in [3.05, 3.63) is 51.5 Å². The molecule has 2 rings (SSSR count). The fraction of sp³-hybridized carbons (Fsp3) is 0.0714. The average molecular weight is 341 g/mol. The van der Waals surface area contributed by atoms with Crippen molar-refractivity contribution in [3.8, 4) is 11.5 Å². The zero-order chi connectivity index (χ0) is 14.0. The Morgan fingerprint density at radius 2 is 2.00 bits per heavy atom. The van der Waals surface area contributed by atoms with Crippen molar-refractivity contribution in [1.29, 1.82) is 0 Å². The van der Waals surface area contributed by atoms with Crippen LogP contribution in [0.25, 0.3) is 0 Å². The molecule has 2 N–H and O–H groups in total. The lowest BCUT2D eigenvalue weighted by molar-refractivity contribution is 0.101. The molecule has 0 spiro atoms. The largest absolute Gasteiger partial charge is 0.456 e. The van der Waals surface area contributed by atoms with Crippen molar-refractivity contribution < 1.29 is 9.53 Å². The molecule has 2 aromatic carbocycles. The smallest absolute Gasteiger partial charge is 0.161 e. The SMILES string of the molecule is CC(=O)c1ccc(Oc2ccc(Cl)cc2Br)cc1N. The zero-order valence-electron chi connectivity index (χ0n) is 10.1. The van der Waals surface area contributed by atoms with Gasteiger partial charge in [0.2, 0.25) is 0 Å². The highest BCUT2D eigenvalue weighted by molar-refractivity contribution is 9.10. The predicted octanol–water partition coefficient (Wildman–Crippen LogP) is 4.68. The molecule has 0 saturated carbocycles. The number of nitrogen functional groups attached to an aromatic ring is 1. The molecule has 0 aliphatic carbocycles. The molecule has 0 heterocycles. The van der Waals surface area contributed by atoms with E-state index in [9.17, 15) is 4.79 Å². The summed E-state index contributed by atoms with van der Waals surface area (Å²) >= 11 is 9.22. The van der Waals surface area contributed by atoms with Gasteiger partial charge in [-0.2, -0.15) is 0 Å². The summed E-state index contributed by atoms with van der Waals surface area (Å²) in [6, 6.07) is 10.2. The highest BCUT2D eigenvalue weighted by atomic mass is 79.9. The van der Waals surface area contributed by atoms with E-state index in [4.69, 9.17) is 22.1 Å². The normalized spacial score (nSPS) is 10.3. The molecule has 0 aliphatic heterocycles. The second-order valence-corrected chi connectivity index (χ2v) is 5.27. The van der Waals surface area contributed by atoms with Crippen LogP contribution in [0.4, 0.5) is 5.69 Å². The molecule has 5 heteroatoms. The van der Waals surface area contributed by atoms with Gasteiger partial charge in [-0.1, -0.05) is 11.6 Å². The first-order valence-electron chi connectivity index (χ1n) is 5.51. The summed E-state index contributed by atoms with van der Waals surface area (Å²) in [6.07, 6.45) is 0. The van der Waals surface area contributed by atoms with Crippen LogP contribution in [0.3, 0.4) is 0 Å². The van der Waals surface area contributed by atoms with Crippen molar-refractivity contribution in [3.63, 3.8) is 0 Å². The minimum atomic E-state index is -0.0725. The van der Waals surface area contributed by atoms with E-state index in [-0.39, 0.29) is 5.78 Å². The van der Waals surface area contributed by atoms with E-state index in [1.165, 1.54) is 6.92 Å². The molecule has 0 aliphatic rings. The second kappa shape index (κ2) is 5.63. The van der Waals surface area contributed by atoms with E-state index in [2.05, 4.69) is 15.9 Å². The predicted molar refractivity (Wildman–Crippen MR) is 80.1 cm³/mol. The first kappa shape index (κ1) is 13.9. The van der Waals surface area contributed by atoms with Crippen LogP contribution in [-0.4, -0.2) is 5.78 Å². The first-order valence-corrected chi connectivity index (χ1v) is 6.68. The molecule has 3 nitrogen and oxygen atoms in total. The van der Waals surface area contributed by atoms with E-state index in [0.29, 0.717) is 27.8 Å². The minimum absolute atomic E-state index is 0.0725. The summed E-state index contributed by atoms with van der Waals surface area (Å²) in [5.41, 5.74) is 6.69. The fourth-order valence-electron chi connectivity index (χ4n) is 1.61. The van der Waals surface area contributed by atoms with Gasteiger partial charge >= 0.3 is 0 Å². The van der Waals surface area contributed by atoms with Crippen LogP contribution in [0.2, 0.25) is 5.02 Å². The average Bonchev–Trinajstić information content (AvgIpc) is 2.32. The van der Waals surface area contributed by atoms with Gasteiger partial charge in [0.15, 0.2) is 5.78 Å². The molecule has 0 amide bonds. The summed E-state index contributed by atoms with van der Waals surface area (Å²) in [6.45, 7) is 1.47. The van der Waals surface area contributed by atoms with Gasteiger partial charge in [0.25, 0.3) is 0 Å². The quantitative estimate of drug-likeness (QED) is 0.652. The molecular formula is C14H11BrClNO2. The second-order valence-electron chi connectivity index (χ2n) is 3.98. The van der Waals surface area contributed by atoms with Crippen LogP contribution in [0.15, 0.2) is 40.9 Å². The lowest BCUT2D eigenvalue weighted by Crippen LogP contribution is -1.99. The molecule has 19 heavy (non-hydrogen) atoms. The molecule has 0 unspecified atom stereocenters. The van der Waals surface area contributed by atoms with Crippen molar-refractivity contribution in [2.24, 2.45) is 0 Å². The Morgan fingerprint density at radius 3 is 2.58 bits per heavy atom. The fourth-order valence-corrected chi connectivity index (χ4v) is 2.37. The van der Waals surface area contributed by atoms with Crippen molar-refractivity contribution >= 4 is 39.0 Å². The molecule has 0 atom stereocenters. The van der Waals surface area contributed by atoms with Gasteiger partial charge in [-0.05, 0) is 53.2 Å². The third-order valence-electron chi connectivity index (χ3n) is 2.52. The molecule has 0 aromatic heterocycles. The van der Waals surface area contributed by atoms with Crippen molar-refractivity contribution in [2.45, 2.75) is 6.92 Å². The number of carbonyl (C=O) groups excluding carboxylic acids is 1. The van der Waals surface area contributed by atoms with Crippen LogP contribution in [0.5, 0.6) is 11.5 Å². The third-order valence-corrected chi connectivity index (χ3v) is 3.38. The number of ether oxygens (including phenoxy) is 1. The van der Waals surface area contributed by atoms with Crippen molar-refractivity contribution in [2.75, 3.05) is 5.73 Å². The number of carbonyl (C=O) groups is 1. The molecule has 0 fully saturated rings. The maximum Gasteiger partial charge on any atom is 0.161 e. The van der Waals surface area contributed by atoms with Crippen LogP contribution in [-0.2, 0) is 0 Å². The van der Waals surface area contributed by atoms with Crippen molar-refractivity contribution in [1.82, 2.24) is 0 Å². The number of nitrogens with two attached hydrogens (primary N) is 1. The van der Waals surface area contributed by atoms with Gasteiger partial charge in [0.05, 0.1) is 4.47 Å².